The first-order valence-electron chi connectivity index (χ1n) is 6.97. The van der Waals surface area contributed by atoms with Crippen LogP contribution in [0.25, 0.3) is 0 Å². The van der Waals surface area contributed by atoms with E-state index in [2.05, 4.69) is 45.1 Å². The highest BCUT2D eigenvalue weighted by Gasteiger charge is 2.15. The van der Waals surface area contributed by atoms with Crippen molar-refractivity contribution < 1.29 is 9.47 Å². The lowest BCUT2D eigenvalue weighted by atomic mass is 10.2. The lowest BCUT2D eigenvalue weighted by molar-refractivity contribution is 0.353. The molecule has 0 saturated heterocycles. The number of rotatable bonds is 6. The van der Waals surface area contributed by atoms with Gasteiger partial charge in [0.05, 0.1) is 24.9 Å². The smallest absolute Gasteiger partial charge is 0.211 e. The van der Waals surface area contributed by atoms with E-state index in [4.69, 9.17) is 9.47 Å². The molecule has 0 saturated carbocycles. The summed E-state index contributed by atoms with van der Waals surface area (Å²) in [4.78, 5) is 0. The van der Waals surface area contributed by atoms with Crippen LogP contribution in [0.15, 0.2) is 26.9 Å². The molecule has 2 rings (SSSR count). The summed E-state index contributed by atoms with van der Waals surface area (Å²) in [7, 11) is 3.21. The molecule has 8 heteroatoms. The molecular weight excluding hydrogens is 380 g/mol. The van der Waals surface area contributed by atoms with Crippen molar-refractivity contribution in [3.63, 3.8) is 0 Å². The highest BCUT2D eigenvalue weighted by molar-refractivity contribution is 9.10. The van der Waals surface area contributed by atoms with E-state index >= 15 is 0 Å². The largest absolute Gasteiger partial charge is 0.493 e. The van der Waals surface area contributed by atoms with E-state index in [1.54, 1.807) is 25.1 Å². The SMILES string of the molecule is COc1ccc(/C=N\n2c(SC)nnc2C(C)C)c(Br)c1OC. The summed E-state index contributed by atoms with van der Waals surface area (Å²) >= 11 is 5.04. The van der Waals surface area contributed by atoms with Crippen molar-refractivity contribution in [2.24, 2.45) is 5.10 Å². The summed E-state index contributed by atoms with van der Waals surface area (Å²) in [6, 6.07) is 3.75. The Kier molecular flexibility index (Phi) is 6.06. The van der Waals surface area contributed by atoms with Crippen molar-refractivity contribution >= 4 is 33.9 Å². The van der Waals surface area contributed by atoms with Crippen LogP contribution < -0.4 is 9.47 Å². The van der Waals surface area contributed by atoms with Crippen LogP contribution in [-0.4, -0.2) is 41.6 Å². The van der Waals surface area contributed by atoms with Crippen molar-refractivity contribution in [3.8, 4) is 11.5 Å². The Bertz CT molecular complexity index is 716. The Balaban J connectivity index is 2.43. The second-order valence-corrected chi connectivity index (χ2v) is 6.53. The molecular formula is C15H19BrN4O2S. The Morgan fingerprint density at radius 3 is 2.57 bits per heavy atom. The van der Waals surface area contributed by atoms with Crippen LogP contribution in [0.4, 0.5) is 0 Å². The molecule has 23 heavy (non-hydrogen) atoms. The van der Waals surface area contributed by atoms with Gasteiger partial charge in [0.25, 0.3) is 0 Å². The number of hydrogen-bond donors (Lipinski definition) is 0. The van der Waals surface area contributed by atoms with Gasteiger partial charge < -0.3 is 9.47 Å². The molecule has 0 unspecified atom stereocenters. The summed E-state index contributed by atoms with van der Waals surface area (Å²) in [6.07, 6.45) is 3.70. The van der Waals surface area contributed by atoms with Crippen molar-refractivity contribution in [2.45, 2.75) is 24.9 Å². The number of nitrogens with zero attached hydrogens (tertiary/aromatic N) is 4. The quantitative estimate of drug-likeness (QED) is 0.547. The normalized spacial score (nSPS) is 11.4. The minimum absolute atomic E-state index is 0.231. The molecule has 0 aliphatic carbocycles. The van der Waals surface area contributed by atoms with Gasteiger partial charge in [-0.2, -0.15) is 9.78 Å². The lowest BCUT2D eigenvalue weighted by Gasteiger charge is -2.11. The van der Waals surface area contributed by atoms with E-state index in [-0.39, 0.29) is 5.92 Å². The second kappa shape index (κ2) is 7.83. The summed E-state index contributed by atoms with van der Waals surface area (Å²) in [6.45, 7) is 4.12. The maximum Gasteiger partial charge on any atom is 0.211 e. The average molecular weight is 399 g/mol. The predicted molar refractivity (Wildman–Crippen MR) is 96.1 cm³/mol. The van der Waals surface area contributed by atoms with Gasteiger partial charge in [0.1, 0.15) is 0 Å². The molecule has 0 radical (unpaired) electrons. The number of aromatic nitrogens is 3. The van der Waals surface area contributed by atoms with Gasteiger partial charge in [0.15, 0.2) is 17.3 Å². The number of thioether (sulfide) groups is 1. The Morgan fingerprint density at radius 1 is 1.26 bits per heavy atom. The Hall–Kier alpha value is -1.54. The molecule has 0 bridgehead atoms. The van der Waals surface area contributed by atoms with Crippen LogP contribution in [-0.2, 0) is 0 Å². The van der Waals surface area contributed by atoms with Crippen molar-refractivity contribution in [3.05, 3.63) is 28.0 Å². The number of hydrogen-bond acceptors (Lipinski definition) is 6. The third kappa shape index (κ3) is 3.69. The standard InChI is InChI=1S/C15H19BrN4O2S/c1-9(2)14-18-19-15(23-5)20(14)17-8-10-6-7-11(21-3)13(22-4)12(10)16/h6-9H,1-5H3/b17-8-. The molecule has 1 aromatic heterocycles. The second-order valence-electron chi connectivity index (χ2n) is 4.96. The number of ether oxygens (including phenoxy) is 2. The molecule has 124 valence electrons. The third-order valence-corrected chi connectivity index (χ3v) is 4.60. The molecule has 1 heterocycles. The minimum Gasteiger partial charge on any atom is -0.493 e. The zero-order valence-corrected chi connectivity index (χ0v) is 16.1. The molecule has 0 amide bonds. The van der Waals surface area contributed by atoms with Crippen LogP contribution in [0.3, 0.4) is 0 Å². The molecule has 0 spiro atoms. The predicted octanol–water partition coefficient (Wildman–Crippen LogP) is 3.79. The van der Waals surface area contributed by atoms with Gasteiger partial charge >= 0.3 is 0 Å². The number of halogens is 1. The van der Waals surface area contributed by atoms with Gasteiger partial charge in [0.2, 0.25) is 5.16 Å². The maximum atomic E-state index is 5.38. The van der Waals surface area contributed by atoms with Crippen molar-refractivity contribution in [1.29, 1.82) is 0 Å². The van der Waals surface area contributed by atoms with Crippen LogP contribution in [0.5, 0.6) is 11.5 Å². The maximum absolute atomic E-state index is 5.38. The number of benzene rings is 1. The van der Waals surface area contributed by atoms with Gasteiger partial charge in [-0.25, -0.2) is 0 Å². The monoisotopic (exact) mass is 398 g/mol. The lowest BCUT2D eigenvalue weighted by Crippen LogP contribution is -2.02. The molecule has 0 fully saturated rings. The van der Waals surface area contributed by atoms with Gasteiger partial charge in [-0.3, -0.25) is 0 Å². The topological polar surface area (TPSA) is 61.5 Å². The van der Waals surface area contributed by atoms with Crippen LogP contribution in [0.2, 0.25) is 0 Å². The molecule has 0 aliphatic heterocycles. The minimum atomic E-state index is 0.231. The first kappa shape index (κ1) is 17.8. The van der Waals surface area contributed by atoms with E-state index in [9.17, 15) is 0 Å². The molecule has 0 atom stereocenters. The zero-order chi connectivity index (χ0) is 17.0. The third-order valence-electron chi connectivity index (χ3n) is 3.16. The molecule has 2 aromatic rings. The van der Waals surface area contributed by atoms with E-state index in [1.807, 2.05) is 18.4 Å². The fraction of sp³-hybridized carbons (Fsp3) is 0.400. The first-order valence-corrected chi connectivity index (χ1v) is 8.99. The van der Waals surface area contributed by atoms with Crippen LogP contribution >= 0.6 is 27.7 Å². The molecule has 6 nitrogen and oxygen atoms in total. The van der Waals surface area contributed by atoms with Crippen molar-refractivity contribution in [2.75, 3.05) is 20.5 Å². The van der Waals surface area contributed by atoms with Gasteiger partial charge in [-0.15, -0.1) is 10.2 Å². The van der Waals surface area contributed by atoms with E-state index in [0.29, 0.717) is 11.5 Å². The van der Waals surface area contributed by atoms with E-state index in [1.165, 1.54) is 11.8 Å². The highest BCUT2D eigenvalue weighted by Crippen LogP contribution is 2.36. The van der Waals surface area contributed by atoms with E-state index in [0.717, 1.165) is 21.0 Å². The van der Waals surface area contributed by atoms with Crippen LogP contribution in [0, 0.1) is 0 Å². The summed E-state index contributed by atoms with van der Waals surface area (Å²) in [5.74, 6) is 2.35. The van der Waals surface area contributed by atoms with Gasteiger partial charge in [0, 0.05) is 11.5 Å². The highest BCUT2D eigenvalue weighted by atomic mass is 79.9. The van der Waals surface area contributed by atoms with E-state index < -0.39 is 0 Å². The summed E-state index contributed by atoms with van der Waals surface area (Å²) in [5, 5.41) is 13.7. The molecule has 0 N–H and O–H groups in total. The summed E-state index contributed by atoms with van der Waals surface area (Å²) < 4.78 is 13.2. The fourth-order valence-corrected chi connectivity index (χ4v) is 3.02. The first-order chi connectivity index (χ1) is 11.0. The van der Waals surface area contributed by atoms with Gasteiger partial charge in [-0.05, 0) is 34.3 Å². The van der Waals surface area contributed by atoms with Crippen LogP contribution in [0.1, 0.15) is 31.2 Å². The Morgan fingerprint density at radius 2 is 2.00 bits per heavy atom. The summed E-state index contributed by atoms with van der Waals surface area (Å²) in [5.41, 5.74) is 0.873. The fourth-order valence-electron chi connectivity index (χ4n) is 2.00. The Labute approximate surface area is 148 Å². The molecule has 1 aromatic carbocycles. The zero-order valence-electron chi connectivity index (χ0n) is 13.7. The number of methoxy groups -OCH3 is 2. The van der Waals surface area contributed by atoms with Crippen molar-refractivity contribution in [1.82, 2.24) is 14.9 Å². The average Bonchev–Trinajstić information content (AvgIpc) is 2.96. The van der Waals surface area contributed by atoms with Gasteiger partial charge in [-0.1, -0.05) is 25.6 Å². The molecule has 0 aliphatic rings.